The maximum Gasteiger partial charge on any atom is 0.321 e. The Morgan fingerprint density at radius 3 is 3.00 bits per heavy atom. The van der Waals surface area contributed by atoms with Crippen LogP contribution < -0.4 is 5.32 Å². The monoisotopic (exact) mass is 367 g/mol. The Morgan fingerprint density at radius 2 is 2.40 bits per heavy atom. The lowest BCUT2D eigenvalue weighted by Gasteiger charge is -2.27. The Kier molecular flexibility index (Phi) is 4.53. The number of nitriles is 1. The molecule has 1 saturated heterocycles. The van der Waals surface area contributed by atoms with Gasteiger partial charge in [-0.05, 0) is 6.92 Å². The summed E-state index contributed by atoms with van der Waals surface area (Å²) in [6.45, 7) is 0.969. The first-order chi connectivity index (χ1) is 11.8. The van der Waals surface area contributed by atoms with Crippen LogP contribution in [0, 0.1) is 11.3 Å². The van der Waals surface area contributed by atoms with Crippen molar-refractivity contribution in [3.8, 4) is 6.07 Å². The topological polar surface area (TPSA) is 102 Å². The van der Waals surface area contributed by atoms with Crippen LogP contribution in [0.5, 0.6) is 0 Å². The van der Waals surface area contributed by atoms with Crippen molar-refractivity contribution in [3.63, 3.8) is 0 Å². The maximum atomic E-state index is 13.7. The van der Waals surface area contributed by atoms with Crippen LogP contribution in [0.1, 0.15) is 18.4 Å². The standard InChI is InChI=1S/C15H15F2N5O2S/c1-8-9(5-18)10(21-12(20-8)13-19-2-3-25-13)6-22-7-15(16,17)4-11(22)14(23)24/h2-3,8,11H,4,6-7H2,1H3,(H,20,21)(H,23,24). The third kappa shape index (κ3) is 3.52. The first-order valence-corrected chi connectivity index (χ1v) is 8.41. The van der Waals surface area contributed by atoms with E-state index in [1.165, 1.54) is 16.2 Å². The number of hydrogen-bond acceptors (Lipinski definition) is 7. The first kappa shape index (κ1) is 17.4. The van der Waals surface area contributed by atoms with Gasteiger partial charge in [0.25, 0.3) is 5.92 Å². The van der Waals surface area contributed by atoms with Crippen LogP contribution in [-0.2, 0) is 4.79 Å². The number of hydrogen-bond donors (Lipinski definition) is 2. The molecule has 0 bridgehead atoms. The molecule has 10 heteroatoms. The van der Waals surface area contributed by atoms with E-state index in [0.29, 0.717) is 22.1 Å². The quantitative estimate of drug-likeness (QED) is 0.835. The smallest absolute Gasteiger partial charge is 0.321 e. The van der Waals surface area contributed by atoms with E-state index in [4.69, 9.17) is 0 Å². The van der Waals surface area contributed by atoms with Gasteiger partial charge in [-0.15, -0.1) is 11.3 Å². The van der Waals surface area contributed by atoms with E-state index in [2.05, 4.69) is 15.3 Å². The molecule has 3 rings (SSSR count). The van der Waals surface area contributed by atoms with E-state index >= 15 is 0 Å². The number of amidine groups is 1. The van der Waals surface area contributed by atoms with Crippen LogP contribution in [0.15, 0.2) is 27.8 Å². The number of nitrogens with one attached hydrogen (secondary N) is 1. The number of aromatic nitrogens is 1. The number of rotatable bonds is 4. The molecule has 2 N–H and O–H groups in total. The predicted octanol–water partition coefficient (Wildman–Crippen LogP) is 1.45. The van der Waals surface area contributed by atoms with Gasteiger partial charge in [-0.2, -0.15) is 5.26 Å². The minimum atomic E-state index is -3.07. The molecule has 1 aromatic rings. The molecule has 3 heterocycles. The fourth-order valence-corrected chi connectivity index (χ4v) is 3.57. The fraction of sp³-hybridized carbons (Fsp3) is 0.467. The van der Waals surface area contributed by atoms with Gasteiger partial charge in [0.15, 0.2) is 10.8 Å². The third-order valence-corrected chi connectivity index (χ3v) is 4.88. The molecule has 7 nitrogen and oxygen atoms in total. The molecule has 2 aliphatic heterocycles. The number of alkyl halides is 2. The van der Waals surface area contributed by atoms with Crippen molar-refractivity contribution in [1.82, 2.24) is 15.2 Å². The SMILES string of the molecule is CC1N=C(c2nccs2)NC(CN2CC(F)(F)CC2C(=O)O)=C1C#N. The molecule has 0 radical (unpaired) electrons. The molecule has 2 atom stereocenters. The van der Waals surface area contributed by atoms with Crippen molar-refractivity contribution < 1.29 is 18.7 Å². The molecule has 132 valence electrons. The summed E-state index contributed by atoms with van der Waals surface area (Å²) in [5.41, 5.74) is 0.693. The van der Waals surface area contributed by atoms with Gasteiger partial charge in [0.2, 0.25) is 0 Å². The summed E-state index contributed by atoms with van der Waals surface area (Å²) in [6, 6.07) is 0.284. The summed E-state index contributed by atoms with van der Waals surface area (Å²) in [7, 11) is 0. The second-order valence-electron chi connectivity index (χ2n) is 5.94. The number of carboxylic acids is 1. The van der Waals surface area contributed by atoms with Crippen LogP contribution in [0.4, 0.5) is 8.78 Å². The largest absolute Gasteiger partial charge is 0.480 e. The normalized spacial score (nSPS) is 26.1. The number of likely N-dealkylation sites (tertiary alicyclic amines) is 1. The van der Waals surface area contributed by atoms with Gasteiger partial charge < -0.3 is 10.4 Å². The summed E-state index contributed by atoms with van der Waals surface area (Å²) in [4.78, 5) is 21.0. The van der Waals surface area contributed by atoms with Crippen LogP contribution >= 0.6 is 11.3 Å². The van der Waals surface area contributed by atoms with Gasteiger partial charge in [0.1, 0.15) is 6.04 Å². The Balaban J connectivity index is 1.86. The van der Waals surface area contributed by atoms with Gasteiger partial charge in [0, 0.05) is 30.2 Å². The van der Waals surface area contributed by atoms with Gasteiger partial charge in [0.05, 0.1) is 24.2 Å². The summed E-state index contributed by atoms with van der Waals surface area (Å²) in [5.74, 6) is -3.91. The zero-order valence-electron chi connectivity index (χ0n) is 13.2. The fourth-order valence-electron chi connectivity index (χ4n) is 2.98. The average molecular weight is 367 g/mol. The first-order valence-electron chi connectivity index (χ1n) is 7.53. The molecule has 0 aromatic carbocycles. The number of halogens is 2. The Morgan fingerprint density at radius 1 is 1.64 bits per heavy atom. The van der Waals surface area contributed by atoms with E-state index < -0.39 is 36.9 Å². The molecule has 2 aliphatic rings. The second kappa shape index (κ2) is 6.50. The van der Waals surface area contributed by atoms with E-state index in [9.17, 15) is 23.9 Å². The lowest BCUT2D eigenvalue weighted by Crippen LogP contribution is -2.43. The van der Waals surface area contributed by atoms with E-state index in [0.717, 1.165) is 0 Å². The number of nitrogens with zero attached hydrogens (tertiary/aromatic N) is 4. The minimum absolute atomic E-state index is 0.0931. The van der Waals surface area contributed by atoms with Crippen molar-refractivity contribution in [1.29, 1.82) is 5.26 Å². The summed E-state index contributed by atoms with van der Waals surface area (Å²) < 4.78 is 27.4. The highest BCUT2D eigenvalue weighted by Gasteiger charge is 2.48. The number of aliphatic imine (C=N–C) groups is 1. The Labute approximate surface area is 146 Å². The third-order valence-electron chi connectivity index (χ3n) is 4.10. The second-order valence-corrected chi connectivity index (χ2v) is 6.83. The molecule has 25 heavy (non-hydrogen) atoms. The molecule has 0 spiro atoms. The van der Waals surface area contributed by atoms with Crippen molar-refractivity contribution in [3.05, 3.63) is 27.9 Å². The van der Waals surface area contributed by atoms with Gasteiger partial charge in [-0.3, -0.25) is 14.7 Å². The van der Waals surface area contributed by atoms with Gasteiger partial charge in [-0.1, -0.05) is 0 Å². The number of carboxylic acid groups (broad SMARTS) is 1. The molecule has 0 aliphatic carbocycles. The van der Waals surface area contributed by atoms with Crippen LogP contribution in [0.25, 0.3) is 0 Å². The molecule has 0 saturated carbocycles. The average Bonchev–Trinajstić information content (AvgIpc) is 3.14. The number of aliphatic carboxylic acids is 1. The van der Waals surface area contributed by atoms with Crippen molar-refractivity contribution in [2.75, 3.05) is 13.1 Å². The van der Waals surface area contributed by atoms with Gasteiger partial charge >= 0.3 is 5.97 Å². The van der Waals surface area contributed by atoms with Crippen molar-refractivity contribution >= 4 is 23.1 Å². The van der Waals surface area contributed by atoms with Crippen molar-refractivity contribution in [2.24, 2.45) is 4.99 Å². The van der Waals surface area contributed by atoms with E-state index in [1.54, 1.807) is 18.5 Å². The number of carbonyl (C=O) groups is 1. The highest BCUT2D eigenvalue weighted by atomic mass is 32.1. The summed E-state index contributed by atoms with van der Waals surface area (Å²) in [6.07, 6.45) is 0.875. The predicted molar refractivity (Wildman–Crippen MR) is 86.4 cm³/mol. The summed E-state index contributed by atoms with van der Waals surface area (Å²) in [5, 5.41) is 24.0. The number of thiazole rings is 1. The van der Waals surface area contributed by atoms with Crippen LogP contribution in [-0.4, -0.2) is 57.9 Å². The maximum absolute atomic E-state index is 13.7. The van der Waals surface area contributed by atoms with Crippen molar-refractivity contribution in [2.45, 2.75) is 31.4 Å². The molecule has 0 amide bonds. The molecule has 2 unspecified atom stereocenters. The Hall–Kier alpha value is -2.38. The van der Waals surface area contributed by atoms with E-state index in [-0.39, 0.29) is 6.54 Å². The minimum Gasteiger partial charge on any atom is -0.480 e. The summed E-state index contributed by atoms with van der Waals surface area (Å²) >= 11 is 1.35. The molecular formula is C15H15F2N5O2S. The zero-order valence-corrected chi connectivity index (χ0v) is 14.1. The highest BCUT2D eigenvalue weighted by Crippen LogP contribution is 2.33. The lowest BCUT2D eigenvalue weighted by molar-refractivity contribution is -0.142. The molecule has 1 aromatic heterocycles. The van der Waals surface area contributed by atoms with Crippen LogP contribution in [0.2, 0.25) is 0 Å². The van der Waals surface area contributed by atoms with Crippen LogP contribution in [0.3, 0.4) is 0 Å². The lowest BCUT2D eigenvalue weighted by atomic mass is 10.1. The molecular weight excluding hydrogens is 352 g/mol. The van der Waals surface area contributed by atoms with Gasteiger partial charge in [-0.25, -0.2) is 13.8 Å². The Bertz CT molecular complexity index is 784. The van der Waals surface area contributed by atoms with E-state index in [1.807, 2.05) is 6.07 Å². The highest BCUT2D eigenvalue weighted by molar-refractivity contribution is 7.11. The zero-order chi connectivity index (χ0) is 18.2. The molecule has 1 fully saturated rings.